The second-order valence-corrected chi connectivity index (χ2v) is 11.3. The molecule has 0 N–H and O–H groups in total. The van der Waals surface area contributed by atoms with Gasteiger partial charge in [-0.05, 0) is 59.5 Å². The monoisotopic (exact) mass is 598 g/mol. The Morgan fingerprint density at radius 1 is 0.821 bits per heavy atom. The van der Waals surface area contributed by atoms with Crippen LogP contribution in [0.15, 0.2) is 108 Å². The number of fused-ring (bicyclic) bond motifs is 1. The number of imide groups is 1. The van der Waals surface area contributed by atoms with Crippen LogP contribution in [0.4, 0.5) is 11.4 Å². The molecule has 7 heteroatoms. The summed E-state index contributed by atoms with van der Waals surface area (Å²) in [5, 5.41) is 0.473. The van der Waals surface area contributed by atoms with Crippen molar-refractivity contribution < 1.29 is 14.4 Å². The molecule has 0 radical (unpaired) electrons. The van der Waals surface area contributed by atoms with E-state index in [2.05, 4.69) is 15.9 Å². The molecule has 6 rings (SSSR count). The minimum Gasteiger partial charge on any atom is -0.307 e. The van der Waals surface area contributed by atoms with Crippen molar-refractivity contribution in [3.05, 3.63) is 129 Å². The lowest BCUT2D eigenvalue weighted by atomic mass is 9.66. The lowest BCUT2D eigenvalue weighted by Crippen LogP contribution is -2.50. The Morgan fingerprint density at radius 2 is 1.51 bits per heavy atom. The number of benzene rings is 4. The standard InChI is InChI=1S/C32H24BrClN2O3/c33-23-12-7-13-25(16-23)36-29(37)18-27(30(36)38)32(19-21-8-3-1-4-9-21)26-17-24(34)14-15-28(26)35(31(32)39)20-22-10-5-2-6-11-22/h1-17,27H,18-20H2/t27-,32+/m0/s1. The van der Waals surface area contributed by atoms with Crippen molar-refractivity contribution >= 4 is 56.6 Å². The maximum absolute atomic E-state index is 14.7. The van der Waals surface area contributed by atoms with Crippen LogP contribution in [0.25, 0.3) is 0 Å². The normalized spacial score (nSPS) is 20.6. The molecule has 1 saturated heterocycles. The van der Waals surface area contributed by atoms with E-state index >= 15 is 0 Å². The maximum Gasteiger partial charge on any atom is 0.239 e. The maximum atomic E-state index is 14.7. The first kappa shape index (κ1) is 25.5. The fourth-order valence-corrected chi connectivity index (χ4v) is 6.50. The van der Waals surface area contributed by atoms with Gasteiger partial charge in [-0.15, -0.1) is 0 Å². The van der Waals surface area contributed by atoms with Crippen LogP contribution in [0.5, 0.6) is 0 Å². The van der Waals surface area contributed by atoms with Gasteiger partial charge in [-0.25, -0.2) is 0 Å². The highest BCUT2D eigenvalue weighted by Gasteiger charge is 2.61. The summed E-state index contributed by atoms with van der Waals surface area (Å²) in [5.41, 5.74) is 2.44. The lowest BCUT2D eigenvalue weighted by molar-refractivity contribution is -0.131. The Balaban J connectivity index is 1.52. The Hall–Kier alpha value is -3.74. The van der Waals surface area contributed by atoms with Crippen molar-refractivity contribution in [2.24, 2.45) is 5.92 Å². The van der Waals surface area contributed by atoms with E-state index in [0.717, 1.165) is 15.6 Å². The number of carbonyl (C=O) groups excluding carboxylic acids is 3. The van der Waals surface area contributed by atoms with Gasteiger partial charge < -0.3 is 4.90 Å². The predicted octanol–water partition coefficient (Wildman–Crippen LogP) is 6.71. The third-order valence-electron chi connectivity index (χ3n) is 7.67. The summed E-state index contributed by atoms with van der Waals surface area (Å²) in [4.78, 5) is 45.4. The van der Waals surface area contributed by atoms with Gasteiger partial charge >= 0.3 is 0 Å². The van der Waals surface area contributed by atoms with E-state index in [1.165, 1.54) is 4.90 Å². The number of anilines is 2. The predicted molar refractivity (Wildman–Crippen MR) is 156 cm³/mol. The van der Waals surface area contributed by atoms with Gasteiger partial charge in [-0.1, -0.05) is 94.3 Å². The van der Waals surface area contributed by atoms with Gasteiger partial charge in [-0.2, -0.15) is 0 Å². The minimum atomic E-state index is -1.30. The Bertz CT molecular complexity index is 1590. The molecule has 0 unspecified atom stereocenters. The lowest BCUT2D eigenvalue weighted by Gasteiger charge is -2.33. The Kier molecular flexibility index (Phi) is 6.61. The summed E-state index contributed by atoms with van der Waals surface area (Å²) in [6, 6.07) is 31.9. The van der Waals surface area contributed by atoms with Crippen molar-refractivity contribution in [1.82, 2.24) is 0 Å². The molecule has 194 valence electrons. The van der Waals surface area contributed by atoms with Crippen molar-refractivity contribution in [3.8, 4) is 0 Å². The van der Waals surface area contributed by atoms with Gasteiger partial charge in [0.1, 0.15) is 0 Å². The molecule has 1 fully saturated rings. The molecule has 2 aliphatic heterocycles. The average molecular weight is 600 g/mol. The van der Waals surface area contributed by atoms with Crippen molar-refractivity contribution in [2.75, 3.05) is 9.80 Å². The molecular formula is C32H24BrClN2O3. The molecule has 0 aliphatic carbocycles. The van der Waals surface area contributed by atoms with Crippen LogP contribution in [0.2, 0.25) is 5.02 Å². The second-order valence-electron chi connectivity index (χ2n) is 9.98. The van der Waals surface area contributed by atoms with E-state index in [9.17, 15) is 14.4 Å². The Morgan fingerprint density at radius 3 is 2.21 bits per heavy atom. The Labute approximate surface area is 240 Å². The van der Waals surface area contributed by atoms with Crippen LogP contribution >= 0.6 is 27.5 Å². The molecule has 39 heavy (non-hydrogen) atoms. The molecule has 2 aliphatic rings. The van der Waals surface area contributed by atoms with Gasteiger partial charge in [0.15, 0.2) is 0 Å². The first-order valence-electron chi connectivity index (χ1n) is 12.7. The van der Waals surface area contributed by atoms with Crippen LogP contribution in [0.1, 0.15) is 23.1 Å². The number of amides is 3. The largest absolute Gasteiger partial charge is 0.307 e. The number of carbonyl (C=O) groups is 3. The fourth-order valence-electron chi connectivity index (χ4n) is 5.94. The van der Waals surface area contributed by atoms with E-state index in [4.69, 9.17) is 11.6 Å². The van der Waals surface area contributed by atoms with E-state index in [0.29, 0.717) is 28.5 Å². The highest BCUT2D eigenvalue weighted by molar-refractivity contribution is 9.10. The molecule has 0 bridgehead atoms. The second kappa shape index (κ2) is 10.1. The van der Waals surface area contributed by atoms with Crippen LogP contribution < -0.4 is 9.80 Å². The summed E-state index contributed by atoms with van der Waals surface area (Å²) in [6.45, 7) is 0.342. The van der Waals surface area contributed by atoms with Crippen LogP contribution in [-0.2, 0) is 32.8 Å². The molecule has 3 amide bonds. The van der Waals surface area contributed by atoms with Crippen molar-refractivity contribution in [2.45, 2.75) is 24.8 Å². The number of hydrogen-bond acceptors (Lipinski definition) is 3. The van der Waals surface area contributed by atoms with Crippen molar-refractivity contribution in [3.63, 3.8) is 0 Å². The summed E-state index contributed by atoms with van der Waals surface area (Å²) >= 11 is 9.96. The molecule has 4 aromatic rings. The summed E-state index contributed by atoms with van der Waals surface area (Å²) in [6.07, 6.45) is 0.191. The van der Waals surface area contributed by atoms with E-state index in [-0.39, 0.29) is 30.6 Å². The molecular weight excluding hydrogens is 576 g/mol. The quantitative estimate of drug-likeness (QED) is 0.232. The average Bonchev–Trinajstić information content (AvgIpc) is 3.35. The molecule has 0 saturated carbocycles. The number of halogens is 2. The summed E-state index contributed by atoms with van der Waals surface area (Å²) in [5.74, 6) is -1.80. The molecule has 2 heterocycles. The van der Waals surface area contributed by atoms with Gasteiger partial charge in [0.2, 0.25) is 17.7 Å². The zero-order chi connectivity index (χ0) is 27.1. The number of nitrogens with zero attached hydrogens (tertiary/aromatic N) is 2. The smallest absolute Gasteiger partial charge is 0.239 e. The summed E-state index contributed by atoms with van der Waals surface area (Å²) < 4.78 is 0.756. The first-order chi connectivity index (χ1) is 18.9. The fraction of sp³-hybridized carbons (Fsp3) is 0.156. The summed E-state index contributed by atoms with van der Waals surface area (Å²) in [7, 11) is 0. The van der Waals surface area contributed by atoms with E-state index < -0.39 is 11.3 Å². The van der Waals surface area contributed by atoms with Crippen LogP contribution in [0.3, 0.4) is 0 Å². The zero-order valence-electron chi connectivity index (χ0n) is 20.9. The minimum absolute atomic E-state index is 0.0744. The SMILES string of the molecule is O=C1C[C@H]([C@]2(Cc3ccccc3)C(=O)N(Cc3ccccc3)c3ccc(Cl)cc32)C(=O)N1c1cccc(Br)c1. The number of rotatable bonds is 6. The topological polar surface area (TPSA) is 57.7 Å². The molecule has 5 nitrogen and oxygen atoms in total. The molecule has 0 spiro atoms. The first-order valence-corrected chi connectivity index (χ1v) is 13.9. The number of hydrogen-bond donors (Lipinski definition) is 0. The van der Waals surface area contributed by atoms with Crippen LogP contribution in [0, 0.1) is 5.92 Å². The molecule has 0 aromatic heterocycles. The van der Waals surface area contributed by atoms with Gasteiger partial charge in [0.25, 0.3) is 0 Å². The third kappa shape index (κ3) is 4.38. The highest BCUT2D eigenvalue weighted by atomic mass is 79.9. The zero-order valence-corrected chi connectivity index (χ0v) is 23.2. The highest BCUT2D eigenvalue weighted by Crippen LogP contribution is 2.53. The van der Waals surface area contributed by atoms with E-state index in [1.54, 1.807) is 35.2 Å². The van der Waals surface area contributed by atoms with Gasteiger partial charge in [0, 0.05) is 21.6 Å². The van der Waals surface area contributed by atoms with Gasteiger partial charge in [0.05, 0.1) is 23.6 Å². The van der Waals surface area contributed by atoms with Crippen LogP contribution in [-0.4, -0.2) is 17.7 Å². The van der Waals surface area contributed by atoms with E-state index in [1.807, 2.05) is 72.8 Å². The third-order valence-corrected chi connectivity index (χ3v) is 8.40. The van der Waals surface area contributed by atoms with Crippen molar-refractivity contribution in [1.29, 1.82) is 0 Å². The molecule has 4 aromatic carbocycles. The molecule has 2 atom stereocenters. The van der Waals surface area contributed by atoms with Gasteiger partial charge in [-0.3, -0.25) is 19.3 Å².